The van der Waals surface area contributed by atoms with Crippen LogP contribution in [0.1, 0.15) is 18.4 Å². The second kappa shape index (κ2) is 7.74. The number of hydrogen-bond donors (Lipinski definition) is 1. The molecule has 29 heavy (non-hydrogen) atoms. The first-order valence-electron chi connectivity index (χ1n) is 10.5. The number of rotatable bonds is 5. The highest BCUT2D eigenvalue weighted by Crippen LogP contribution is 2.28. The van der Waals surface area contributed by atoms with Crippen molar-refractivity contribution in [2.24, 2.45) is 0 Å². The van der Waals surface area contributed by atoms with Crippen LogP contribution in [-0.2, 0) is 0 Å². The van der Waals surface area contributed by atoms with Crippen LogP contribution < -0.4 is 15.1 Å². The van der Waals surface area contributed by atoms with Crippen LogP contribution in [0.4, 0.5) is 17.3 Å². The number of benzene rings is 2. The number of aromatic nitrogens is 2. The van der Waals surface area contributed by atoms with E-state index in [9.17, 15) is 0 Å². The molecule has 0 radical (unpaired) electrons. The van der Waals surface area contributed by atoms with Gasteiger partial charge in [-0.25, -0.2) is 9.97 Å². The summed E-state index contributed by atoms with van der Waals surface area (Å²) in [4.78, 5) is 14.6. The summed E-state index contributed by atoms with van der Waals surface area (Å²) in [6, 6.07) is 21.7. The van der Waals surface area contributed by atoms with E-state index in [2.05, 4.69) is 64.5 Å². The minimum absolute atomic E-state index is 0.569. The molecule has 1 saturated carbocycles. The van der Waals surface area contributed by atoms with Gasteiger partial charge >= 0.3 is 0 Å². The lowest BCUT2D eigenvalue weighted by molar-refractivity contribution is 0.647. The van der Waals surface area contributed by atoms with Crippen LogP contribution in [-0.4, -0.2) is 42.2 Å². The maximum absolute atomic E-state index is 4.92. The van der Waals surface area contributed by atoms with Gasteiger partial charge in [-0.1, -0.05) is 42.5 Å². The van der Waals surface area contributed by atoms with E-state index in [1.165, 1.54) is 24.1 Å². The maximum Gasteiger partial charge on any atom is 0.163 e. The molecule has 0 atom stereocenters. The van der Waals surface area contributed by atoms with E-state index in [1.807, 2.05) is 18.2 Å². The largest absolute Gasteiger partial charge is 0.368 e. The Labute approximate surface area is 172 Å². The average Bonchev–Trinajstić information content (AvgIpc) is 3.58. The lowest BCUT2D eigenvalue weighted by Crippen LogP contribution is -2.47. The molecular weight excluding hydrogens is 358 g/mol. The molecule has 0 unspecified atom stereocenters. The zero-order valence-electron chi connectivity index (χ0n) is 16.9. The van der Waals surface area contributed by atoms with Gasteiger partial charge in [0.05, 0.1) is 0 Å². The van der Waals surface area contributed by atoms with Gasteiger partial charge in [-0.15, -0.1) is 0 Å². The molecule has 2 aromatic carbocycles. The summed E-state index contributed by atoms with van der Waals surface area (Å²) in [5, 5.41) is 3.56. The third-order valence-corrected chi connectivity index (χ3v) is 5.64. The molecule has 5 nitrogen and oxygen atoms in total. The van der Waals surface area contributed by atoms with E-state index in [-0.39, 0.29) is 0 Å². The van der Waals surface area contributed by atoms with Crippen molar-refractivity contribution in [3.63, 3.8) is 0 Å². The number of aryl methyl sites for hydroxylation is 1. The molecule has 1 saturated heterocycles. The quantitative estimate of drug-likeness (QED) is 0.707. The first kappa shape index (κ1) is 18.0. The third-order valence-electron chi connectivity index (χ3n) is 5.64. The molecule has 0 bridgehead atoms. The Morgan fingerprint density at radius 3 is 2.31 bits per heavy atom. The molecule has 0 amide bonds. The molecular formula is C24H27N5. The standard InChI is InChI=1S/C24H27N5/c1-18-6-5-9-21(16-18)28-12-14-29(15-13-28)23-17-22(25-20-10-11-20)26-24(27-23)19-7-3-2-4-8-19/h2-9,16-17,20H,10-15H2,1H3,(H,25,26,27). The van der Waals surface area contributed by atoms with Crippen LogP contribution in [0.15, 0.2) is 60.7 Å². The molecule has 5 rings (SSSR count). The number of nitrogens with one attached hydrogen (secondary N) is 1. The predicted octanol–water partition coefficient (Wildman–Crippen LogP) is 4.35. The summed E-state index contributed by atoms with van der Waals surface area (Å²) in [6.45, 7) is 6.07. The molecule has 1 N–H and O–H groups in total. The summed E-state index contributed by atoms with van der Waals surface area (Å²) in [6.07, 6.45) is 2.46. The van der Waals surface area contributed by atoms with Crippen molar-refractivity contribution in [3.05, 3.63) is 66.2 Å². The molecule has 148 valence electrons. The minimum atomic E-state index is 0.569. The molecule has 1 aromatic heterocycles. The van der Waals surface area contributed by atoms with E-state index in [0.717, 1.165) is 49.2 Å². The summed E-state index contributed by atoms with van der Waals surface area (Å²) in [5.74, 6) is 2.76. The van der Waals surface area contributed by atoms with E-state index < -0.39 is 0 Å². The van der Waals surface area contributed by atoms with Gasteiger partial charge in [0.1, 0.15) is 11.6 Å². The Hall–Kier alpha value is -3.08. The van der Waals surface area contributed by atoms with Crippen molar-refractivity contribution >= 4 is 17.3 Å². The van der Waals surface area contributed by atoms with Gasteiger partial charge in [0.25, 0.3) is 0 Å². The highest BCUT2D eigenvalue weighted by Gasteiger charge is 2.24. The SMILES string of the molecule is Cc1cccc(N2CCN(c3cc(NC4CC4)nc(-c4ccccc4)n3)CC2)c1. The van der Waals surface area contributed by atoms with E-state index >= 15 is 0 Å². The van der Waals surface area contributed by atoms with Crippen molar-refractivity contribution in [1.29, 1.82) is 0 Å². The van der Waals surface area contributed by atoms with Gasteiger partial charge in [0, 0.05) is 49.5 Å². The summed E-state index contributed by atoms with van der Waals surface area (Å²) >= 11 is 0. The van der Waals surface area contributed by atoms with Gasteiger partial charge in [0.2, 0.25) is 0 Å². The van der Waals surface area contributed by atoms with Crippen LogP contribution >= 0.6 is 0 Å². The van der Waals surface area contributed by atoms with Crippen LogP contribution in [0, 0.1) is 6.92 Å². The minimum Gasteiger partial charge on any atom is -0.368 e. The normalized spacial score (nSPS) is 16.7. The number of hydrogen-bond acceptors (Lipinski definition) is 5. The average molecular weight is 386 g/mol. The Morgan fingerprint density at radius 2 is 1.59 bits per heavy atom. The highest BCUT2D eigenvalue weighted by atomic mass is 15.3. The van der Waals surface area contributed by atoms with Crippen molar-refractivity contribution in [2.75, 3.05) is 41.3 Å². The fourth-order valence-corrected chi connectivity index (χ4v) is 3.84. The Kier molecular flexibility index (Phi) is 4.80. The number of piperazine rings is 1. The van der Waals surface area contributed by atoms with Crippen molar-refractivity contribution in [1.82, 2.24) is 9.97 Å². The van der Waals surface area contributed by atoms with Crippen LogP contribution in [0.25, 0.3) is 11.4 Å². The first-order chi connectivity index (χ1) is 14.2. The molecule has 2 fully saturated rings. The molecule has 5 heteroatoms. The molecule has 2 aliphatic rings. The van der Waals surface area contributed by atoms with E-state index in [4.69, 9.17) is 9.97 Å². The van der Waals surface area contributed by atoms with E-state index in [1.54, 1.807) is 0 Å². The third kappa shape index (κ3) is 4.19. The van der Waals surface area contributed by atoms with Crippen molar-refractivity contribution in [2.45, 2.75) is 25.8 Å². The number of nitrogens with zero attached hydrogens (tertiary/aromatic N) is 4. The van der Waals surface area contributed by atoms with Gasteiger partial charge in [-0.05, 0) is 37.5 Å². The summed E-state index contributed by atoms with van der Waals surface area (Å²) in [5.41, 5.74) is 3.68. The van der Waals surface area contributed by atoms with Crippen molar-refractivity contribution < 1.29 is 0 Å². The maximum atomic E-state index is 4.92. The van der Waals surface area contributed by atoms with Crippen LogP contribution in [0.5, 0.6) is 0 Å². The first-order valence-corrected chi connectivity index (χ1v) is 10.5. The fraction of sp³-hybridized carbons (Fsp3) is 0.333. The van der Waals surface area contributed by atoms with Crippen LogP contribution in [0.2, 0.25) is 0 Å². The second-order valence-corrected chi connectivity index (χ2v) is 8.03. The Bertz CT molecular complexity index is 976. The van der Waals surface area contributed by atoms with E-state index in [0.29, 0.717) is 6.04 Å². The van der Waals surface area contributed by atoms with Crippen LogP contribution in [0.3, 0.4) is 0 Å². The predicted molar refractivity (Wildman–Crippen MR) is 120 cm³/mol. The molecule has 3 aromatic rings. The smallest absolute Gasteiger partial charge is 0.163 e. The fourth-order valence-electron chi connectivity index (χ4n) is 3.84. The molecule has 1 aliphatic heterocycles. The van der Waals surface area contributed by atoms with Gasteiger partial charge in [-0.3, -0.25) is 0 Å². The second-order valence-electron chi connectivity index (χ2n) is 8.03. The number of anilines is 3. The topological polar surface area (TPSA) is 44.3 Å². The Morgan fingerprint density at radius 1 is 0.828 bits per heavy atom. The van der Waals surface area contributed by atoms with Gasteiger partial charge < -0.3 is 15.1 Å². The summed E-state index contributed by atoms with van der Waals surface area (Å²) in [7, 11) is 0. The Balaban J connectivity index is 1.37. The molecule has 1 aliphatic carbocycles. The lowest BCUT2D eigenvalue weighted by atomic mass is 10.2. The van der Waals surface area contributed by atoms with Gasteiger partial charge in [-0.2, -0.15) is 0 Å². The monoisotopic (exact) mass is 385 g/mol. The highest BCUT2D eigenvalue weighted by molar-refractivity contribution is 5.62. The lowest BCUT2D eigenvalue weighted by Gasteiger charge is -2.37. The van der Waals surface area contributed by atoms with Gasteiger partial charge in [0.15, 0.2) is 5.82 Å². The zero-order valence-corrected chi connectivity index (χ0v) is 16.9. The summed E-state index contributed by atoms with van der Waals surface area (Å²) < 4.78 is 0. The molecule has 0 spiro atoms. The van der Waals surface area contributed by atoms with Crippen molar-refractivity contribution in [3.8, 4) is 11.4 Å². The molecule has 2 heterocycles. The zero-order chi connectivity index (χ0) is 19.6.